The lowest BCUT2D eigenvalue weighted by Gasteiger charge is -2.28. The molecule has 4 nitrogen and oxygen atoms in total. The minimum absolute atomic E-state index is 0.0577. The van der Waals surface area contributed by atoms with E-state index in [1.54, 1.807) is 11.0 Å². The Labute approximate surface area is 285 Å². The second-order valence-corrected chi connectivity index (χ2v) is 14.8. The highest BCUT2D eigenvalue weighted by Gasteiger charge is 2.47. The number of carbonyl (C=O) groups excluding carboxylic acids is 1. The number of nitrogens with zero attached hydrogens (tertiary/aromatic N) is 2. The van der Waals surface area contributed by atoms with Crippen molar-refractivity contribution in [3.63, 3.8) is 0 Å². The van der Waals surface area contributed by atoms with Gasteiger partial charge in [-0.15, -0.1) is 0 Å². The van der Waals surface area contributed by atoms with E-state index in [1.807, 2.05) is 60.0 Å². The van der Waals surface area contributed by atoms with Crippen molar-refractivity contribution in [1.29, 1.82) is 0 Å². The van der Waals surface area contributed by atoms with Crippen LogP contribution in [0.3, 0.4) is 0 Å². The molecule has 2 aliphatic heterocycles. The van der Waals surface area contributed by atoms with E-state index >= 15 is 0 Å². The molecule has 0 aliphatic carbocycles. The fraction of sp³-hybridized carbons (Fsp3) is 0.487. The van der Waals surface area contributed by atoms with E-state index in [0.717, 1.165) is 24.3 Å². The summed E-state index contributed by atoms with van der Waals surface area (Å²) in [7, 11) is 1.38. The Balaban J connectivity index is 1.92. The summed E-state index contributed by atoms with van der Waals surface area (Å²) in [5, 5.41) is 0. The first-order valence-corrected chi connectivity index (χ1v) is 16.6. The van der Waals surface area contributed by atoms with Crippen molar-refractivity contribution in [1.82, 2.24) is 0 Å². The van der Waals surface area contributed by atoms with Crippen LogP contribution in [-0.4, -0.2) is 36.3 Å². The zero-order chi connectivity index (χ0) is 36.9. The van der Waals surface area contributed by atoms with Gasteiger partial charge in [0, 0.05) is 53.5 Å². The number of halogens is 6. The molecular formula is C39H47F6N2O2+. The van der Waals surface area contributed by atoms with Crippen LogP contribution < -0.4 is 4.90 Å². The van der Waals surface area contributed by atoms with Crippen molar-refractivity contribution >= 4 is 22.9 Å². The van der Waals surface area contributed by atoms with Gasteiger partial charge in [-0.05, 0) is 55.9 Å². The minimum atomic E-state index is -4.54. The Morgan fingerprint density at radius 2 is 1.43 bits per heavy atom. The lowest BCUT2D eigenvalue weighted by molar-refractivity contribution is -0.439. The van der Waals surface area contributed by atoms with E-state index in [4.69, 9.17) is 4.74 Å². The molecule has 2 heterocycles. The quantitative estimate of drug-likeness (QED) is 0.0774. The third-order valence-electron chi connectivity index (χ3n) is 9.66. The number of rotatable bonds is 11. The molecule has 2 aromatic carbocycles. The fourth-order valence-electron chi connectivity index (χ4n) is 6.64. The van der Waals surface area contributed by atoms with Crippen LogP contribution in [0.1, 0.15) is 90.5 Å². The van der Waals surface area contributed by atoms with Crippen molar-refractivity contribution in [2.45, 2.75) is 91.4 Å². The van der Waals surface area contributed by atoms with Gasteiger partial charge in [0.2, 0.25) is 5.69 Å². The van der Waals surface area contributed by atoms with Gasteiger partial charge in [0.25, 0.3) is 0 Å². The van der Waals surface area contributed by atoms with Crippen LogP contribution >= 0.6 is 0 Å². The molecule has 0 saturated carbocycles. The molecule has 0 spiro atoms. The van der Waals surface area contributed by atoms with Gasteiger partial charge < -0.3 is 9.64 Å². The maximum absolute atomic E-state index is 14.4. The molecule has 0 N–H and O–H groups in total. The van der Waals surface area contributed by atoms with Crippen molar-refractivity contribution in [2.24, 2.45) is 11.8 Å². The van der Waals surface area contributed by atoms with Crippen molar-refractivity contribution in [3.05, 3.63) is 94.4 Å². The number of alkyl halides is 6. The molecule has 4 rings (SSSR count). The fourth-order valence-corrected chi connectivity index (χ4v) is 6.64. The second-order valence-electron chi connectivity index (χ2n) is 14.8. The van der Waals surface area contributed by atoms with Crippen molar-refractivity contribution < 1.29 is 40.4 Å². The standard InChI is InChI=1S/C39H47F6N2O2/c1-23(2)15-17-46-31-19-26(38(40,41)42)11-13-29(31)36(6,7)34(46)21-28(25(5)49-10)33(48)22-35-37(8,9)30-14-12-27(39(43,44)45)20-32(30)47(35)18-16-24(3)4/h11-14,19-24H,5,15-18H2,1-4,6-10H3/q+1/b28-21+,35-22-. The van der Waals surface area contributed by atoms with Gasteiger partial charge in [-0.2, -0.15) is 30.9 Å². The Morgan fingerprint density at radius 1 is 0.878 bits per heavy atom. The molecule has 0 amide bonds. The molecule has 49 heavy (non-hydrogen) atoms. The number of hydrogen-bond acceptors (Lipinski definition) is 3. The summed E-state index contributed by atoms with van der Waals surface area (Å²) in [6, 6.07) is 7.42. The van der Waals surface area contributed by atoms with Gasteiger partial charge in [-0.25, -0.2) is 0 Å². The average Bonchev–Trinajstić information content (AvgIpc) is 3.33. The van der Waals surface area contributed by atoms with E-state index in [1.165, 1.54) is 25.3 Å². The largest absolute Gasteiger partial charge is 0.497 e. The zero-order valence-electron chi connectivity index (χ0n) is 29.8. The minimum Gasteiger partial charge on any atom is -0.497 e. The number of methoxy groups -OCH3 is 1. The molecule has 266 valence electrons. The number of ether oxygens (including phenoxy) is 1. The lowest BCUT2D eigenvalue weighted by atomic mass is 9.80. The molecule has 0 atom stereocenters. The third-order valence-corrected chi connectivity index (χ3v) is 9.66. The first kappa shape index (κ1) is 38.0. The van der Waals surface area contributed by atoms with Crippen LogP contribution in [0.4, 0.5) is 37.7 Å². The summed E-state index contributed by atoms with van der Waals surface area (Å²) in [5.74, 6) is 0.0782. The van der Waals surface area contributed by atoms with Crippen LogP contribution in [0.15, 0.2) is 72.2 Å². The number of hydrogen-bond donors (Lipinski definition) is 0. The summed E-state index contributed by atoms with van der Waals surface area (Å²) >= 11 is 0. The van der Waals surface area contributed by atoms with Crippen LogP contribution in [-0.2, 0) is 32.7 Å². The summed E-state index contributed by atoms with van der Waals surface area (Å²) in [5.41, 5.74) is 0.290. The summed E-state index contributed by atoms with van der Waals surface area (Å²) < 4.78 is 90.3. The SMILES string of the molecule is C=C(OC)/C(=C\C1=[N+](CCC(C)C)c2cc(C(F)(F)F)ccc2C1(C)C)C(=O)/C=C1\N(CCC(C)C)c2cc(C(F)(F)F)ccc2C1(C)C. The normalized spacial score (nSPS) is 18.1. The molecule has 0 unspecified atom stereocenters. The van der Waals surface area contributed by atoms with Crippen LogP contribution in [0.25, 0.3) is 0 Å². The second kappa shape index (κ2) is 13.5. The van der Waals surface area contributed by atoms with E-state index in [-0.39, 0.29) is 23.2 Å². The summed E-state index contributed by atoms with van der Waals surface area (Å²) in [6.45, 7) is 20.4. The number of benzene rings is 2. The number of allylic oxidation sites excluding steroid dienone is 4. The number of anilines is 1. The maximum atomic E-state index is 14.4. The summed E-state index contributed by atoms with van der Waals surface area (Å²) in [4.78, 5) is 16.2. The number of fused-ring (bicyclic) bond motifs is 2. The Morgan fingerprint density at radius 3 is 1.96 bits per heavy atom. The molecule has 0 radical (unpaired) electrons. The highest BCUT2D eigenvalue weighted by atomic mass is 19.4. The highest BCUT2D eigenvalue weighted by Crippen LogP contribution is 2.50. The Kier molecular flexibility index (Phi) is 10.4. The highest BCUT2D eigenvalue weighted by molar-refractivity contribution is 6.14. The molecule has 2 aliphatic rings. The maximum Gasteiger partial charge on any atom is 0.416 e. The molecule has 0 saturated heterocycles. The smallest absolute Gasteiger partial charge is 0.416 e. The molecule has 10 heteroatoms. The lowest BCUT2D eigenvalue weighted by Crippen LogP contribution is -2.30. The van der Waals surface area contributed by atoms with E-state index in [0.29, 0.717) is 59.8 Å². The molecule has 0 aromatic heterocycles. The first-order valence-electron chi connectivity index (χ1n) is 16.6. The van der Waals surface area contributed by atoms with Gasteiger partial charge in [0.1, 0.15) is 12.3 Å². The van der Waals surface area contributed by atoms with Gasteiger partial charge in [0.05, 0.1) is 29.2 Å². The molecule has 2 aromatic rings. The average molecular weight is 690 g/mol. The van der Waals surface area contributed by atoms with Crippen LogP contribution in [0, 0.1) is 11.8 Å². The van der Waals surface area contributed by atoms with Crippen molar-refractivity contribution in [2.75, 3.05) is 25.1 Å². The van der Waals surface area contributed by atoms with Gasteiger partial charge in [-0.3, -0.25) is 4.79 Å². The monoisotopic (exact) mass is 689 g/mol. The van der Waals surface area contributed by atoms with Crippen LogP contribution in [0.5, 0.6) is 0 Å². The van der Waals surface area contributed by atoms with Crippen LogP contribution in [0.2, 0.25) is 0 Å². The van der Waals surface area contributed by atoms with Crippen molar-refractivity contribution in [3.8, 4) is 0 Å². The van der Waals surface area contributed by atoms with Gasteiger partial charge in [0.15, 0.2) is 11.5 Å². The van der Waals surface area contributed by atoms with Gasteiger partial charge in [-0.1, -0.05) is 60.3 Å². The van der Waals surface area contributed by atoms with E-state index in [9.17, 15) is 31.1 Å². The Hall–Kier alpha value is -3.82. The molecule has 0 fully saturated rings. The number of ketones is 1. The predicted octanol–water partition coefficient (Wildman–Crippen LogP) is 10.5. The van der Waals surface area contributed by atoms with E-state index < -0.39 is 40.1 Å². The zero-order valence-corrected chi connectivity index (χ0v) is 29.8. The third kappa shape index (κ3) is 7.53. The van der Waals surface area contributed by atoms with Gasteiger partial charge >= 0.3 is 12.4 Å². The Bertz CT molecular complexity index is 1720. The topological polar surface area (TPSA) is 32.6 Å². The first-order chi connectivity index (χ1) is 22.5. The molecular weight excluding hydrogens is 642 g/mol. The summed E-state index contributed by atoms with van der Waals surface area (Å²) in [6.07, 6.45) is -4.64. The number of carbonyl (C=O) groups is 1. The molecule has 0 bridgehead atoms. The predicted molar refractivity (Wildman–Crippen MR) is 182 cm³/mol. The van der Waals surface area contributed by atoms with E-state index in [2.05, 4.69) is 6.58 Å².